The highest BCUT2D eigenvalue weighted by Crippen LogP contribution is 2.39. The summed E-state index contributed by atoms with van der Waals surface area (Å²) in [6.07, 6.45) is 0. The van der Waals surface area contributed by atoms with Gasteiger partial charge in [-0.2, -0.15) is 0 Å². The number of nitrogens with zero attached hydrogens (tertiary/aromatic N) is 2. The van der Waals surface area contributed by atoms with E-state index in [4.69, 9.17) is 0 Å². The van der Waals surface area contributed by atoms with E-state index >= 15 is 0 Å². The second-order valence-corrected chi connectivity index (χ2v) is 8.12. The van der Waals surface area contributed by atoms with E-state index in [2.05, 4.69) is 13.8 Å². The summed E-state index contributed by atoms with van der Waals surface area (Å²) in [5.74, 6) is -1.76. The lowest BCUT2D eigenvalue weighted by atomic mass is 9.93. The zero-order valence-electron chi connectivity index (χ0n) is 17.7. The molecule has 0 spiro atoms. The van der Waals surface area contributed by atoms with Gasteiger partial charge in [-0.1, -0.05) is 38.1 Å². The van der Waals surface area contributed by atoms with Crippen molar-refractivity contribution in [2.45, 2.75) is 25.8 Å². The van der Waals surface area contributed by atoms with Crippen molar-refractivity contribution in [3.8, 4) is 0 Å². The molecule has 1 fully saturated rings. The molecule has 1 amide bonds. The van der Waals surface area contributed by atoms with Gasteiger partial charge in [-0.25, -0.2) is 4.39 Å². The molecule has 1 aliphatic heterocycles. The lowest BCUT2D eigenvalue weighted by molar-refractivity contribution is -0.140. The second-order valence-electron chi connectivity index (χ2n) is 8.12. The Morgan fingerprint density at radius 1 is 1.07 bits per heavy atom. The SMILES string of the molecule is CC(C)c1ccc([C@@H]2C(=C(O)c3ccc(F)cc3)C(=O)C(=O)N2CCN(C)C)cc1. The van der Waals surface area contributed by atoms with Gasteiger partial charge >= 0.3 is 0 Å². The van der Waals surface area contributed by atoms with Crippen LogP contribution in [0.15, 0.2) is 54.1 Å². The zero-order chi connectivity index (χ0) is 22.0. The van der Waals surface area contributed by atoms with E-state index in [9.17, 15) is 19.1 Å². The first-order chi connectivity index (χ1) is 14.2. The van der Waals surface area contributed by atoms with E-state index in [0.29, 0.717) is 24.6 Å². The number of aliphatic hydroxyl groups excluding tert-OH is 1. The van der Waals surface area contributed by atoms with Crippen LogP contribution in [0.5, 0.6) is 0 Å². The molecule has 5 nitrogen and oxygen atoms in total. The summed E-state index contributed by atoms with van der Waals surface area (Å²) < 4.78 is 13.3. The highest BCUT2D eigenvalue weighted by atomic mass is 19.1. The second kappa shape index (κ2) is 8.79. The molecular weight excluding hydrogens is 383 g/mol. The molecule has 0 unspecified atom stereocenters. The Morgan fingerprint density at radius 2 is 1.67 bits per heavy atom. The largest absolute Gasteiger partial charge is 0.507 e. The van der Waals surface area contributed by atoms with E-state index in [1.54, 1.807) is 0 Å². The normalized spacial score (nSPS) is 18.6. The quantitative estimate of drug-likeness (QED) is 0.445. The molecule has 0 radical (unpaired) electrons. The molecule has 1 aliphatic rings. The number of hydrogen-bond acceptors (Lipinski definition) is 4. The van der Waals surface area contributed by atoms with Crippen LogP contribution in [-0.2, 0) is 9.59 Å². The van der Waals surface area contributed by atoms with Crippen LogP contribution >= 0.6 is 0 Å². The number of likely N-dealkylation sites (N-methyl/N-ethyl adjacent to an activating group) is 1. The number of ketones is 1. The molecule has 1 saturated heterocycles. The monoisotopic (exact) mass is 410 g/mol. The number of carbonyl (C=O) groups excluding carboxylic acids is 2. The van der Waals surface area contributed by atoms with Crippen LogP contribution in [0.4, 0.5) is 4.39 Å². The van der Waals surface area contributed by atoms with Crippen molar-refractivity contribution in [2.75, 3.05) is 27.2 Å². The third-order valence-corrected chi connectivity index (χ3v) is 5.36. The van der Waals surface area contributed by atoms with Gasteiger partial charge in [0.1, 0.15) is 11.6 Å². The number of benzene rings is 2. The van der Waals surface area contributed by atoms with Gasteiger partial charge < -0.3 is 14.9 Å². The highest BCUT2D eigenvalue weighted by molar-refractivity contribution is 6.46. The molecule has 3 rings (SSSR count). The van der Waals surface area contributed by atoms with Crippen LogP contribution in [0, 0.1) is 5.82 Å². The number of aliphatic hydroxyl groups is 1. The molecule has 0 bridgehead atoms. The van der Waals surface area contributed by atoms with E-state index < -0.39 is 23.5 Å². The number of rotatable bonds is 6. The van der Waals surface area contributed by atoms with Crippen molar-refractivity contribution in [2.24, 2.45) is 0 Å². The molecule has 1 N–H and O–H groups in total. The summed E-state index contributed by atoms with van der Waals surface area (Å²) in [7, 11) is 3.78. The number of hydrogen-bond donors (Lipinski definition) is 1. The molecule has 30 heavy (non-hydrogen) atoms. The van der Waals surface area contributed by atoms with Gasteiger partial charge in [-0.05, 0) is 55.4 Å². The van der Waals surface area contributed by atoms with Gasteiger partial charge in [-0.15, -0.1) is 0 Å². The summed E-state index contributed by atoms with van der Waals surface area (Å²) >= 11 is 0. The van der Waals surface area contributed by atoms with Crippen LogP contribution in [0.1, 0.15) is 42.5 Å². The molecule has 0 aliphatic carbocycles. The van der Waals surface area contributed by atoms with Crippen molar-refractivity contribution >= 4 is 17.4 Å². The van der Waals surface area contributed by atoms with E-state index in [1.807, 2.05) is 43.3 Å². The van der Waals surface area contributed by atoms with E-state index in [1.165, 1.54) is 29.2 Å². The lowest BCUT2D eigenvalue weighted by Crippen LogP contribution is -2.35. The fraction of sp³-hybridized carbons (Fsp3) is 0.333. The summed E-state index contributed by atoms with van der Waals surface area (Å²) in [6.45, 7) is 5.10. The Kier molecular flexibility index (Phi) is 6.37. The fourth-order valence-corrected chi connectivity index (χ4v) is 3.59. The van der Waals surface area contributed by atoms with Crippen LogP contribution in [0.25, 0.3) is 5.76 Å². The number of halogens is 1. The molecular formula is C24H27FN2O3. The van der Waals surface area contributed by atoms with Crippen molar-refractivity contribution in [3.05, 3.63) is 76.6 Å². The molecule has 1 heterocycles. The molecule has 158 valence electrons. The average Bonchev–Trinajstić information content (AvgIpc) is 2.97. The minimum Gasteiger partial charge on any atom is -0.507 e. The van der Waals surface area contributed by atoms with Crippen molar-refractivity contribution < 1.29 is 19.1 Å². The minimum atomic E-state index is -0.728. The topological polar surface area (TPSA) is 60.9 Å². The van der Waals surface area contributed by atoms with Crippen LogP contribution < -0.4 is 0 Å². The summed E-state index contributed by atoms with van der Waals surface area (Å²) in [5.41, 5.74) is 2.22. The lowest BCUT2D eigenvalue weighted by Gasteiger charge is -2.27. The van der Waals surface area contributed by atoms with Gasteiger partial charge in [0.15, 0.2) is 0 Å². The first-order valence-corrected chi connectivity index (χ1v) is 9.99. The number of Topliss-reactive ketones (excluding diaryl/α,β-unsaturated/α-hetero) is 1. The molecule has 2 aromatic carbocycles. The zero-order valence-corrected chi connectivity index (χ0v) is 17.7. The van der Waals surface area contributed by atoms with Crippen LogP contribution in [0.3, 0.4) is 0 Å². The van der Waals surface area contributed by atoms with Crippen molar-refractivity contribution in [1.82, 2.24) is 9.80 Å². The van der Waals surface area contributed by atoms with Gasteiger partial charge in [-0.3, -0.25) is 9.59 Å². The Balaban J connectivity index is 2.12. The summed E-state index contributed by atoms with van der Waals surface area (Å²) in [6, 6.07) is 12.3. The molecule has 1 atom stereocenters. The predicted octanol–water partition coefficient (Wildman–Crippen LogP) is 3.93. The van der Waals surface area contributed by atoms with Gasteiger partial charge in [0.25, 0.3) is 11.7 Å². The predicted molar refractivity (Wildman–Crippen MR) is 114 cm³/mol. The average molecular weight is 410 g/mol. The van der Waals surface area contributed by atoms with Crippen LogP contribution in [-0.4, -0.2) is 53.8 Å². The molecule has 6 heteroatoms. The smallest absolute Gasteiger partial charge is 0.295 e. The Labute approximate surface area is 176 Å². The van der Waals surface area contributed by atoms with Crippen molar-refractivity contribution in [3.63, 3.8) is 0 Å². The Hall–Kier alpha value is -2.99. The molecule has 2 aromatic rings. The Bertz CT molecular complexity index is 963. The molecule has 0 aromatic heterocycles. The van der Waals surface area contributed by atoms with Crippen LogP contribution in [0.2, 0.25) is 0 Å². The minimum absolute atomic E-state index is 0.0302. The van der Waals surface area contributed by atoms with Crippen molar-refractivity contribution in [1.29, 1.82) is 0 Å². The highest BCUT2D eigenvalue weighted by Gasteiger charge is 2.45. The molecule has 0 saturated carbocycles. The first-order valence-electron chi connectivity index (χ1n) is 9.99. The fourth-order valence-electron chi connectivity index (χ4n) is 3.59. The van der Waals surface area contributed by atoms with E-state index in [-0.39, 0.29) is 11.3 Å². The standard InChI is InChI=1S/C24H27FN2O3/c1-15(2)16-5-7-17(8-6-16)21-20(22(28)18-9-11-19(25)12-10-18)23(29)24(30)27(21)14-13-26(3)4/h5-12,15,21,28H,13-14H2,1-4H3/t21-/m1/s1. The number of amides is 1. The van der Waals surface area contributed by atoms with Gasteiger partial charge in [0.05, 0.1) is 11.6 Å². The number of carbonyl (C=O) groups is 2. The maximum atomic E-state index is 13.3. The third kappa shape index (κ3) is 4.28. The van der Waals surface area contributed by atoms with Gasteiger partial charge in [0, 0.05) is 18.7 Å². The maximum absolute atomic E-state index is 13.3. The van der Waals surface area contributed by atoms with Gasteiger partial charge in [0.2, 0.25) is 0 Å². The first kappa shape index (κ1) is 21.7. The maximum Gasteiger partial charge on any atom is 0.295 e. The summed E-state index contributed by atoms with van der Waals surface area (Å²) in [5, 5.41) is 10.9. The number of likely N-dealkylation sites (tertiary alicyclic amines) is 1. The third-order valence-electron chi connectivity index (χ3n) is 5.36. The summed E-state index contributed by atoms with van der Waals surface area (Å²) in [4.78, 5) is 29.2. The van der Waals surface area contributed by atoms with E-state index in [0.717, 1.165) is 11.1 Å². The Morgan fingerprint density at radius 3 is 2.20 bits per heavy atom.